The summed E-state index contributed by atoms with van der Waals surface area (Å²) in [4.78, 5) is 17.7. The van der Waals surface area contributed by atoms with Crippen molar-refractivity contribution in [2.24, 2.45) is 7.05 Å². The van der Waals surface area contributed by atoms with E-state index >= 15 is 0 Å². The predicted molar refractivity (Wildman–Crippen MR) is 73.5 cm³/mol. The molecule has 3 aromatic rings. The standard InChI is InChI=1S/C12H9ClN6O/c1-19-17-12(16-18-19)15-11(20)8-6-10(13)14-9-5-3-2-4-7(8)9/h2-6H,1H3,(H,15,17,20). The summed E-state index contributed by atoms with van der Waals surface area (Å²) >= 11 is 5.94. The summed E-state index contributed by atoms with van der Waals surface area (Å²) in [6, 6.07) is 8.76. The monoisotopic (exact) mass is 288 g/mol. The maximum atomic E-state index is 12.3. The van der Waals surface area contributed by atoms with E-state index in [0.29, 0.717) is 16.5 Å². The van der Waals surface area contributed by atoms with Gasteiger partial charge in [-0.3, -0.25) is 10.1 Å². The largest absolute Gasteiger partial charge is 0.288 e. The maximum absolute atomic E-state index is 12.3. The lowest BCUT2D eigenvalue weighted by molar-refractivity contribution is 0.102. The third-order valence-electron chi connectivity index (χ3n) is 2.66. The van der Waals surface area contributed by atoms with Gasteiger partial charge in [0, 0.05) is 5.39 Å². The molecule has 2 heterocycles. The number of nitrogens with zero attached hydrogens (tertiary/aromatic N) is 5. The van der Waals surface area contributed by atoms with E-state index in [1.54, 1.807) is 19.2 Å². The highest BCUT2D eigenvalue weighted by atomic mass is 35.5. The molecule has 0 radical (unpaired) electrons. The summed E-state index contributed by atoms with van der Waals surface area (Å²) in [7, 11) is 1.61. The first-order chi connectivity index (χ1) is 9.63. The van der Waals surface area contributed by atoms with Crippen LogP contribution in [0.3, 0.4) is 0 Å². The number of carbonyl (C=O) groups excluding carboxylic acids is 1. The van der Waals surface area contributed by atoms with Crippen molar-refractivity contribution in [3.8, 4) is 0 Å². The number of amides is 1. The predicted octanol–water partition coefficient (Wildman–Crippen LogP) is 1.66. The normalized spacial score (nSPS) is 10.7. The molecule has 0 aliphatic heterocycles. The number of hydrogen-bond acceptors (Lipinski definition) is 5. The number of tetrazole rings is 1. The fraction of sp³-hybridized carbons (Fsp3) is 0.0833. The number of benzene rings is 1. The van der Waals surface area contributed by atoms with Crippen LogP contribution in [0, 0.1) is 0 Å². The van der Waals surface area contributed by atoms with Crippen molar-refractivity contribution in [1.29, 1.82) is 0 Å². The Labute approximate surface area is 118 Å². The van der Waals surface area contributed by atoms with E-state index in [1.165, 1.54) is 10.9 Å². The minimum absolute atomic E-state index is 0.134. The fourth-order valence-electron chi connectivity index (χ4n) is 1.83. The molecule has 8 heteroatoms. The van der Waals surface area contributed by atoms with Crippen LogP contribution >= 0.6 is 11.6 Å². The van der Waals surface area contributed by atoms with Crippen LogP contribution in [-0.2, 0) is 7.05 Å². The van der Waals surface area contributed by atoms with Gasteiger partial charge in [-0.2, -0.15) is 4.80 Å². The van der Waals surface area contributed by atoms with E-state index in [0.717, 1.165) is 0 Å². The minimum atomic E-state index is -0.363. The maximum Gasteiger partial charge on any atom is 0.270 e. The van der Waals surface area contributed by atoms with Gasteiger partial charge in [-0.1, -0.05) is 34.9 Å². The quantitative estimate of drug-likeness (QED) is 0.725. The molecule has 1 aromatic carbocycles. The Morgan fingerprint density at radius 3 is 2.90 bits per heavy atom. The highest BCUT2D eigenvalue weighted by molar-refractivity contribution is 6.30. The van der Waals surface area contributed by atoms with Crippen molar-refractivity contribution in [2.75, 3.05) is 5.32 Å². The summed E-state index contributed by atoms with van der Waals surface area (Å²) in [6.45, 7) is 0. The SMILES string of the molecule is Cn1nnc(NC(=O)c2cc(Cl)nc3ccccc23)n1. The van der Waals surface area contributed by atoms with Gasteiger partial charge in [-0.05, 0) is 17.3 Å². The summed E-state index contributed by atoms with van der Waals surface area (Å²) in [5, 5.41) is 14.8. The second-order valence-electron chi connectivity index (χ2n) is 4.07. The Bertz CT molecular complexity index is 799. The Hall–Kier alpha value is -2.54. The first kappa shape index (κ1) is 12.5. The third kappa shape index (κ3) is 2.30. The molecule has 0 unspecified atom stereocenters. The molecule has 3 rings (SSSR count). The summed E-state index contributed by atoms with van der Waals surface area (Å²) in [5.41, 5.74) is 1.06. The fourth-order valence-corrected chi connectivity index (χ4v) is 2.03. The number of aryl methyl sites for hydroxylation is 1. The van der Waals surface area contributed by atoms with Crippen molar-refractivity contribution in [2.45, 2.75) is 0 Å². The summed E-state index contributed by atoms with van der Waals surface area (Å²) < 4.78 is 0. The van der Waals surface area contributed by atoms with Gasteiger partial charge in [0.25, 0.3) is 11.9 Å². The third-order valence-corrected chi connectivity index (χ3v) is 2.86. The Kier molecular flexibility index (Phi) is 3.03. The van der Waals surface area contributed by atoms with Gasteiger partial charge in [0.1, 0.15) is 5.15 Å². The van der Waals surface area contributed by atoms with Crippen molar-refractivity contribution >= 4 is 34.4 Å². The molecule has 2 aromatic heterocycles. The number of anilines is 1. The number of pyridine rings is 1. The van der Waals surface area contributed by atoms with Gasteiger partial charge in [0.05, 0.1) is 18.1 Å². The van der Waals surface area contributed by atoms with E-state index in [4.69, 9.17) is 11.6 Å². The number of para-hydroxylation sites is 1. The van der Waals surface area contributed by atoms with Crippen LogP contribution < -0.4 is 5.32 Å². The molecule has 0 atom stereocenters. The zero-order valence-corrected chi connectivity index (χ0v) is 11.2. The highest BCUT2D eigenvalue weighted by Gasteiger charge is 2.14. The van der Waals surface area contributed by atoms with E-state index in [2.05, 4.69) is 25.7 Å². The van der Waals surface area contributed by atoms with Gasteiger partial charge < -0.3 is 0 Å². The molecule has 20 heavy (non-hydrogen) atoms. The van der Waals surface area contributed by atoms with Crippen LogP contribution in [0.1, 0.15) is 10.4 Å². The van der Waals surface area contributed by atoms with E-state index in [-0.39, 0.29) is 17.0 Å². The average Bonchev–Trinajstić information content (AvgIpc) is 2.83. The lowest BCUT2D eigenvalue weighted by Crippen LogP contribution is -2.14. The first-order valence-corrected chi connectivity index (χ1v) is 6.12. The average molecular weight is 289 g/mol. The molecular formula is C12H9ClN6O. The molecule has 100 valence electrons. The van der Waals surface area contributed by atoms with Crippen LogP contribution in [0.15, 0.2) is 30.3 Å². The Morgan fingerprint density at radius 2 is 2.15 bits per heavy atom. The van der Waals surface area contributed by atoms with Crippen molar-refractivity contribution in [3.05, 3.63) is 41.0 Å². The van der Waals surface area contributed by atoms with Gasteiger partial charge in [-0.15, -0.1) is 5.10 Å². The van der Waals surface area contributed by atoms with Crippen LogP contribution in [0.2, 0.25) is 5.15 Å². The van der Waals surface area contributed by atoms with E-state index < -0.39 is 0 Å². The van der Waals surface area contributed by atoms with Gasteiger partial charge in [0.2, 0.25) is 0 Å². The smallest absolute Gasteiger partial charge is 0.270 e. The van der Waals surface area contributed by atoms with Gasteiger partial charge >= 0.3 is 0 Å². The van der Waals surface area contributed by atoms with Crippen molar-refractivity contribution < 1.29 is 4.79 Å². The topological polar surface area (TPSA) is 85.6 Å². The second kappa shape index (κ2) is 4.86. The zero-order chi connectivity index (χ0) is 14.1. The van der Waals surface area contributed by atoms with Crippen molar-refractivity contribution in [3.63, 3.8) is 0 Å². The Morgan fingerprint density at radius 1 is 1.35 bits per heavy atom. The van der Waals surface area contributed by atoms with Crippen LogP contribution in [0.25, 0.3) is 10.9 Å². The number of nitrogens with one attached hydrogen (secondary N) is 1. The van der Waals surface area contributed by atoms with E-state index in [1.807, 2.05) is 12.1 Å². The molecular weight excluding hydrogens is 280 g/mol. The van der Waals surface area contributed by atoms with Gasteiger partial charge in [-0.25, -0.2) is 4.98 Å². The number of hydrogen-bond donors (Lipinski definition) is 1. The number of rotatable bonds is 2. The zero-order valence-electron chi connectivity index (χ0n) is 10.4. The molecule has 0 spiro atoms. The van der Waals surface area contributed by atoms with Crippen LogP contribution in [0.5, 0.6) is 0 Å². The van der Waals surface area contributed by atoms with Crippen LogP contribution in [0.4, 0.5) is 5.95 Å². The number of halogens is 1. The first-order valence-electron chi connectivity index (χ1n) is 5.74. The molecule has 7 nitrogen and oxygen atoms in total. The molecule has 0 saturated heterocycles. The minimum Gasteiger partial charge on any atom is -0.288 e. The number of aromatic nitrogens is 5. The van der Waals surface area contributed by atoms with Crippen LogP contribution in [-0.4, -0.2) is 31.1 Å². The van der Waals surface area contributed by atoms with Crippen molar-refractivity contribution in [1.82, 2.24) is 25.2 Å². The molecule has 0 bridgehead atoms. The van der Waals surface area contributed by atoms with E-state index in [9.17, 15) is 4.79 Å². The lowest BCUT2D eigenvalue weighted by atomic mass is 10.1. The summed E-state index contributed by atoms with van der Waals surface area (Å²) in [6.07, 6.45) is 0. The molecule has 0 aliphatic rings. The lowest BCUT2D eigenvalue weighted by Gasteiger charge is -2.05. The number of fused-ring (bicyclic) bond motifs is 1. The number of carbonyl (C=O) groups is 1. The molecule has 0 fully saturated rings. The summed E-state index contributed by atoms with van der Waals surface area (Å²) in [5.74, 6) is -0.229. The Balaban J connectivity index is 2.02. The highest BCUT2D eigenvalue weighted by Crippen LogP contribution is 2.21. The molecule has 0 saturated carbocycles. The van der Waals surface area contributed by atoms with Gasteiger partial charge in [0.15, 0.2) is 0 Å². The second-order valence-corrected chi connectivity index (χ2v) is 4.45. The molecule has 1 amide bonds. The molecule has 1 N–H and O–H groups in total. The molecule has 0 aliphatic carbocycles.